The summed E-state index contributed by atoms with van der Waals surface area (Å²) >= 11 is 0. The van der Waals surface area contributed by atoms with E-state index in [1.54, 1.807) is 31.2 Å². The van der Waals surface area contributed by atoms with Crippen molar-refractivity contribution in [3.63, 3.8) is 0 Å². The maximum atomic E-state index is 12.7. The molecule has 0 aromatic heterocycles. The number of urea groups is 1. The molecule has 3 N–H and O–H groups in total. The van der Waals surface area contributed by atoms with Gasteiger partial charge in [0.05, 0.1) is 19.4 Å². The second kappa shape index (κ2) is 10.4. The standard InChI is InChI=1S/C24H28N6O5/c1-15(16-9-11-18(34-3)12-10-16)27-28-23-25-21-20(22(32)26-24(33)29(21)2)30(23)13-17(31)14-35-19-7-5-4-6-8-19/h4-12,17,20-21,31H,13-14H2,1-3H3,(H,25,28)(H,26,32,33)/b27-15+. The number of methoxy groups -OCH3 is 1. The van der Waals surface area contributed by atoms with Crippen molar-refractivity contribution < 1.29 is 24.2 Å². The molecule has 11 nitrogen and oxygen atoms in total. The quantitative estimate of drug-likeness (QED) is 0.380. The van der Waals surface area contributed by atoms with Gasteiger partial charge in [0.2, 0.25) is 5.96 Å². The largest absolute Gasteiger partial charge is 0.497 e. The SMILES string of the molecule is COc1ccc(/C(C)=N/NC2=NC3C(C(=O)NC(=O)N3C)N2CC(O)COc2ccccc2)cc1. The number of ether oxygens (including phenoxy) is 2. The predicted octanol–water partition coefficient (Wildman–Crippen LogP) is 0.997. The molecule has 184 valence electrons. The number of hydrazone groups is 1. The molecule has 2 aromatic rings. The number of imide groups is 1. The van der Waals surface area contributed by atoms with Crippen molar-refractivity contribution in [3.8, 4) is 11.5 Å². The van der Waals surface area contributed by atoms with Gasteiger partial charge in [-0.25, -0.2) is 15.2 Å². The number of carbonyl (C=O) groups excluding carboxylic acids is 2. The van der Waals surface area contributed by atoms with E-state index in [4.69, 9.17) is 9.47 Å². The molecule has 0 bridgehead atoms. The van der Waals surface area contributed by atoms with E-state index in [2.05, 4.69) is 20.8 Å². The van der Waals surface area contributed by atoms with Gasteiger partial charge in [0.1, 0.15) is 24.2 Å². The van der Waals surface area contributed by atoms with E-state index < -0.39 is 30.2 Å². The van der Waals surface area contributed by atoms with Crippen molar-refractivity contribution in [3.05, 3.63) is 60.2 Å². The molecule has 1 fully saturated rings. The van der Waals surface area contributed by atoms with E-state index in [1.165, 1.54) is 4.90 Å². The van der Waals surface area contributed by atoms with Crippen LogP contribution in [0.3, 0.4) is 0 Å². The summed E-state index contributed by atoms with van der Waals surface area (Å²) < 4.78 is 10.8. The van der Waals surface area contributed by atoms with E-state index in [1.807, 2.05) is 49.4 Å². The normalized spacial score (nSPS) is 20.7. The van der Waals surface area contributed by atoms with Crippen LogP contribution in [0, 0.1) is 0 Å². The van der Waals surface area contributed by atoms with Gasteiger partial charge in [0, 0.05) is 7.05 Å². The van der Waals surface area contributed by atoms with Crippen LogP contribution in [0.15, 0.2) is 64.7 Å². The van der Waals surface area contributed by atoms with Crippen molar-refractivity contribution >= 4 is 23.6 Å². The Morgan fingerprint density at radius 1 is 1.17 bits per heavy atom. The molecule has 0 aliphatic carbocycles. The zero-order valence-electron chi connectivity index (χ0n) is 19.7. The van der Waals surface area contributed by atoms with Crippen LogP contribution in [-0.4, -0.2) is 84.1 Å². The van der Waals surface area contributed by atoms with Crippen LogP contribution in [0.5, 0.6) is 11.5 Å². The fraction of sp³-hybridized carbons (Fsp3) is 0.333. The summed E-state index contributed by atoms with van der Waals surface area (Å²) in [6.07, 6.45) is -1.69. The monoisotopic (exact) mass is 480 g/mol. The first kappa shape index (κ1) is 24.0. The predicted molar refractivity (Wildman–Crippen MR) is 129 cm³/mol. The molecule has 2 aliphatic rings. The highest BCUT2D eigenvalue weighted by molar-refractivity contribution is 6.04. The van der Waals surface area contributed by atoms with E-state index in [-0.39, 0.29) is 19.1 Å². The van der Waals surface area contributed by atoms with Crippen molar-refractivity contribution in [2.45, 2.75) is 25.2 Å². The number of aliphatic imine (C=N–C) groups is 1. The second-order valence-corrected chi connectivity index (χ2v) is 8.18. The third-order valence-corrected chi connectivity index (χ3v) is 5.79. The molecule has 3 unspecified atom stereocenters. The minimum atomic E-state index is -0.941. The number of amides is 3. The number of guanidine groups is 1. The van der Waals surface area contributed by atoms with Gasteiger partial charge >= 0.3 is 6.03 Å². The number of nitrogens with one attached hydrogen (secondary N) is 2. The molecule has 0 saturated carbocycles. The first-order valence-corrected chi connectivity index (χ1v) is 11.1. The molecule has 3 atom stereocenters. The Bertz CT molecular complexity index is 1120. The fourth-order valence-electron chi connectivity index (χ4n) is 3.84. The number of para-hydroxylation sites is 1. The average Bonchev–Trinajstić information content (AvgIpc) is 3.24. The summed E-state index contributed by atoms with van der Waals surface area (Å²) in [5, 5.41) is 17.4. The molecule has 4 rings (SSSR count). The summed E-state index contributed by atoms with van der Waals surface area (Å²) in [6.45, 7) is 1.87. The lowest BCUT2D eigenvalue weighted by atomic mass is 10.1. The summed E-state index contributed by atoms with van der Waals surface area (Å²) in [5.41, 5.74) is 4.45. The number of hydrogen-bond donors (Lipinski definition) is 3. The molecule has 11 heteroatoms. The zero-order chi connectivity index (χ0) is 24.9. The van der Waals surface area contributed by atoms with E-state index in [0.29, 0.717) is 11.5 Å². The zero-order valence-corrected chi connectivity index (χ0v) is 19.7. The Kier molecular flexibility index (Phi) is 7.16. The molecule has 0 spiro atoms. The van der Waals surface area contributed by atoms with Gasteiger partial charge in [-0.05, 0) is 48.9 Å². The Labute approximate surface area is 203 Å². The van der Waals surface area contributed by atoms with Crippen LogP contribution in [0.4, 0.5) is 4.79 Å². The maximum absolute atomic E-state index is 12.7. The van der Waals surface area contributed by atoms with Crippen molar-refractivity contribution in [2.75, 3.05) is 27.3 Å². The minimum absolute atomic E-state index is 0.00964. The molecule has 3 amide bonds. The van der Waals surface area contributed by atoms with Gasteiger partial charge in [0.15, 0.2) is 12.2 Å². The summed E-state index contributed by atoms with van der Waals surface area (Å²) in [7, 11) is 3.16. The lowest BCUT2D eigenvalue weighted by Crippen LogP contribution is -2.64. The van der Waals surface area contributed by atoms with Gasteiger partial charge in [0.25, 0.3) is 5.91 Å². The van der Waals surface area contributed by atoms with Gasteiger partial charge < -0.3 is 24.4 Å². The molecule has 1 saturated heterocycles. The van der Waals surface area contributed by atoms with Crippen LogP contribution in [0.1, 0.15) is 12.5 Å². The topological polar surface area (TPSA) is 128 Å². The van der Waals surface area contributed by atoms with Crippen LogP contribution < -0.4 is 20.2 Å². The molecular weight excluding hydrogens is 452 g/mol. The molecule has 0 radical (unpaired) electrons. The summed E-state index contributed by atoms with van der Waals surface area (Å²) in [4.78, 5) is 32.3. The highest BCUT2D eigenvalue weighted by Gasteiger charge is 2.49. The number of rotatable bonds is 8. The average molecular weight is 481 g/mol. The van der Waals surface area contributed by atoms with Crippen molar-refractivity contribution in [2.24, 2.45) is 10.1 Å². The number of β-amino-alcohol motifs (C(OH)–C–C–N with tert-alkyl or cyclic N) is 1. The number of likely N-dealkylation sites (N-methyl/N-ethyl adjacent to an activating group) is 1. The van der Waals surface area contributed by atoms with Crippen LogP contribution in [0.25, 0.3) is 0 Å². The summed E-state index contributed by atoms with van der Waals surface area (Å²) in [5.74, 6) is 1.13. The third-order valence-electron chi connectivity index (χ3n) is 5.79. The van der Waals surface area contributed by atoms with Gasteiger partial charge in [-0.1, -0.05) is 18.2 Å². The first-order chi connectivity index (χ1) is 16.9. The molecule has 2 heterocycles. The first-order valence-electron chi connectivity index (χ1n) is 11.1. The smallest absolute Gasteiger partial charge is 0.325 e. The van der Waals surface area contributed by atoms with E-state index in [0.717, 1.165) is 11.3 Å². The molecular formula is C24H28N6O5. The van der Waals surface area contributed by atoms with Crippen molar-refractivity contribution in [1.29, 1.82) is 0 Å². The Morgan fingerprint density at radius 2 is 1.89 bits per heavy atom. The minimum Gasteiger partial charge on any atom is -0.497 e. The Balaban J connectivity index is 1.51. The molecule has 2 aliphatic heterocycles. The maximum Gasteiger partial charge on any atom is 0.325 e. The van der Waals surface area contributed by atoms with Crippen LogP contribution in [0.2, 0.25) is 0 Å². The summed E-state index contributed by atoms with van der Waals surface area (Å²) in [6, 6.07) is 15.2. The molecule has 2 aromatic carbocycles. The number of nitrogens with zero attached hydrogens (tertiary/aromatic N) is 4. The lowest BCUT2D eigenvalue weighted by Gasteiger charge is -2.36. The number of aliphatic hydroxyl groups is 1. The number of fused-ring (bicyclic) bond motifs is 1. The lowest BCUT2D eigenvalue weighted by molar-refractivity contribution is -0.127. The number of carbonyl (C=O) groups is 2. The van der Waals surface area contributed by atoms with Crippen molar-refractivity contribution in [1.82, 2.24) is 20.5 Å². The Hall–Kier alpha value is -4.12. The third kappa shape index (κ3) is 5.35. The second-order valence-electron chi connectivity index (χ2n) is 8.18. The van der Waals surface area contributed by atoms with Crippen LogP contribution >= 0.6 is 0 Å². The number of aliphatic hydroxyl groups excluding tert-OH is 1. The van der Waals surface area contributed by atoms with Gasteiger partial charge in [-0.3, -0.25) is 10.1 Å². The Morgan fingerprint density at radius 3 is 2.57 bits per heavy atom. The van der Waals surface area contributed by atoms with E-state index >= 15 is 0 Å². The fourth-order valence-corrected chi connectivity index (χ4v) is 3.84. The number of hydrogen-bond acceptors (Lipinski definition) is 9. The highest BCUT2D eigenvalue weighted by Crippen LogP contribution is 2.24. The van der Waals surface area contributed by atoms with Crippen LogP contribution in [-0.2, 0) is 4.79 Å². The van der Waals surface area contributed by atoms with Gasteiger partial charge in [-0.2, -0.15) is 5.10 Å². The highest BCUT2D eigenvalue weighted by atomic mass is 16.5. The number of benzene rings is 2. The van der Waals surface area contributed by atoms with E-state index in [9.17, 15) is 14.7 Å². The molecule has 35 heavy (non-hydrogen) atoms. The van der Waals surface area contributed by atoms with Gasteiger partial charge in [-0.15, -0.1) is 0 Å².